The molecule has 1 spiro atoms. The fourth-order valence-corrected chi connectivity index (χ4v) is 12.0. The second-order valence-electron chi connectivity index (χ2n) is 18.9. The van der Waals surface area contributed by atoms with Gasteiger partial charge in [-0.3, -0.25) is 10.1 Å². The molecule has 5 fully saturated rings. The van der Waals surface area contributed by atoms with E-state index >= 15 is 0 Å². The number of allylic oxidation sites excluding steroid dienone is 1. The largest absolute Gasteiger partial charge is 0.481 e. The number of hydrogen-bond acceptors (Lipinski definition) is 14. The van der Waals surface area contributed by atoms with Gasteiger partial charge in [-0.05, 0) is 128 Å². The summed E-state index contributed by atoms with van der Waals surface area (Å²) in [6, 6.07) is -0.105. The summed E-state index contributed by atoms with van der Waals surface area (Å²) in [6.07, 6.45) is 8.30. The summed E-state index contributed by atoms with van der Waals surface area (Å²) in [7, 11) is 1.59. The maximum absolute atomic E-state index is 12.9. The molecule has 0 amide bonds. The summed E-state index contributed by atoms with van der Waals surface area (Å²) in [5.41, 5.74) is 5.77. The number of aliphatic hydroxyl groups excluding tert-OH is 5. The number of nitrogens with two attached hydrogens (primary N) is 1. The summed E-state index contributed by atoms with van der Waals surface area (Å²) in [5, 5.41) is 74.3. The predicted molar refractivity (Wildman–Crippen MR) is 216 cm³/mol. The summed E-state index contributed by atoms with van der Waals surface area (Å²) < 4.78 is 25.5. The van der Waals surface area contributed by atoms with Crippen LogP contribution in [0.4, 0.5) is 0 Å². The molecule has 58 heavy (non-hydrogen) atoms. The number of carbonyl (C=O) groups is 1. The topological polar surface area (TPSA) is 237 Å². The van der Waals surface area contributed by atoms with Crippen LogP contribution in [0.15, 0.2) is 12.2 Å². The van der Waals surface area contributed by atoms with Gasteiger partial charge in [0.15, 0.2) is 0 Å². The van der Waals surface area contributed by atoms with Crippen molar-refractivity contribution >= 4 is 5.97 Å². The minimum absolute atomic E-state index is 0.0225. The Labute approximate surface area is 345 Å². The summed E-state index contributed by atoms with van der Waals surface area (Å²) in [6.45, 7) is 5.46. The molecule has 6 aliphatic rings. The zero-order chi connectivity index (χ0) is 41.6. The number of rotatable bonds is 17. The Morgan fingerprint density at radius 3 is 2.48 bits per heavy atom. The van der Waals surface area contributed by atoms with Gasteiger partial charge < -0.3 is 66.0 Å². The number of hydrogen-bond donors (Lipinski definition) is 10. The third-order valence-corrected chi connectivity index (χ3v) is 15.0. The Kier molecular flexibility index (Phi) is 16.9. The molecule has 19 atom stereocenters. The molecule has 3 saturated heterocycles. The van der Waals surface area contributed by atoms with Crippen molar-refractivity contribution in [3.05, 3.63) is 12.2 Å². The third-order valence-electron chi connectivity index (χ3n) is 15.0. The minimum Gasteiger partial charge on any atom is -0.481 e. The third kappa shape index (κ3) is 10.8. The highest BCUT2D eigenvalue weighted by atomic mass is 16.5. The highest BCUT2D eigenvalue weighted by Crippen LogP contribution is 2.56. The van der Waals surface area contributed by atoms with E-state index in [0.29, 0.717) is 44.6 Å². The molecular weight excluding hydrogens is 748 g/mol. The lowest BCUT2D eigenvalue weighted by Gasteiger charge is -2.53. The molecule has 3 aliphatic carbocycles. The van der Waals surface area contributed by atoms with Crippen LogP contribution in [0.25, 0.3) is 0 Å². The van der Waals surface area contributed by atoms with Crippen molar-refractivity contribution in [3.8, 4) is 0 Å². The number of piperidine rings is 2. The van der Waals surface area contributed by atoms with Gasteiger partial charge in [-0.2, -0.15) is 0 Å². The first-order valence-corrected chi connectivity index (χ1v) is 22.5. The van der Waals surface area contributed by atoms with Crippen molar-refractivity contribution in [1.29, 1.82) is 0 Å². The molecule has 15 nitrogen and oxygen atoms in total. The van der Waals surface area contributed by atoms with Gasteiger partial charge in [0.25, 0.3) is 0 Å². The quantitative estimate of drug-likeness (QED) is 0.0564. The van der Waals surface area contributed by atoms with Gasteiger partial charge >= 0.3 is 5.97 Å². The smallest absolute Gasteiger partial charge is 0.311 e. The second kappa shape index (κ2) is 21.2. The normalized spacial score (nSPS) is 45.4. The standard InChI is InChI=1S/C43H76N4O11/c1-24-10-13-43(31(7-8-32(43)42(53)54)27-11-14-46-39(44)19-27)38(47-24)22-56-37-18-28(17-36(55-3)40(37)52)41-30(12-15-48)34(51)20-29(58-41)6-4-26-5-9-33(50)35(16-26)57-23-45-21-25(2)49/h7-8,24-41,45-52H,4-6,9-23,44H2,1-3H3,(H,53,54)/t24-,25-,26?,27?,28?,29-,30-,31+,32+,33?,34-,35?,36?,37?,38+,39?,40?,41-,43+/m0/s1. The lowest BCUT2D eigenvalue weighted by molar-refractivity contribution is -0.201. The predicted octanol–water partition coefficient (Wildman–Crippen LogP) is 1.23. The van der Waals surface area contributed by atoms with Gasteiger partial charge in [-0.15, -0.1) is 0 Å². The first-order chi connectivity index (χ1) is 27.8. The van der Waals surface area contributed by atoms with Crippen molar-refractivity contribution in [2.45, 2.75) is 171 Å². The molecule has 0 aromatic carbocycles. The van der Waals surface area contributed by atoms with Gasteiger partial charge in [0.1, 0.15) is 6.10 Å². The van der Waals surface area contributed by atoms with E-state index in [0.717, 1.165) is 57.9 Å². The highest BCUT2D eigenvalue weighted by Gasteiger charge is 2.59. The summed E-state index contributed by atoms with van der Waals surface area (Å²) in [5.74, 6) is -1.32. The lowest BCUT2D eigenvalue weighted by atomic mass is 9.57. The fraction of sp³-hybridized carbons (Fsp3) is 0.930. The van der Waals surface area contributed by atoms with Crippen LogP contribution < -0.4 is 21.7 Å². The van der Waals surface area contributed by atoms with Crippen LogP contribution in [0.2, 0.25) is 0 Å². The van der Waals surface area contributed by atoms with Gasteiger partial charge in [0.05, 0.1) is 74.3 Å². The maximum Gasteiger partial charge on any atom is 0.311 e. The molecule has 0 aromatic rings. The van der Waals surface area contributed by atoms with Crippen molar-refractivity contribution in [2.75, 3.05) is 40.1 Å². The van der Waals surface area contributed by atoms with Crippen LogP contribution in [0.5, 0.6) is 0 Å². The summed E-state index contributed by atoms with van der Waals surface area (Å²) >= 11 is 0. The SMILES string of the molecule is COC1CC([C@@H]2O[C@@H](CCC3CCC(O)C(OCNC[C@H](C)O)C3)C[C@H](O)[C@@H]2CCO)CC(OC[C@H]2N[C@@H](C)CC[C@@]23[C@@H](C(=O)O)C=C[C@@H]3C2CCNC(N)C2)C1O. The Hall–Kier alpha value is -1.31. The van der Waals surface area contributed by atoms with Crippen LogP contribution in [0, 0.1) is 40.9 Å². The maximum atomic E-state index is 12.9. The van der Waals surface area contributed by atoms with Crippen LogP contribution in [0.1, 0.15) is 97.3 Å². The number of carboxylic acid groups (broad SMARTS) is 1. The van der Waals surface area contributed by atoms with Gasteiger partial charge in [-0.25, -0.2) is 0 Å². The van der Waals surface area contributed by atoms with E-state index in [1.807, 2.05) is 6.08 Å². The minimum atomic E-state index is -0.909. The van der Waals surface area contributed by atoms with Crippen LogP contribution in [-0.4, -0.2) is 150 Å². The van der Waals surface area contributed by atoms with E-state index in [1.165, 1.54) is 0 Å². The Bertz CT molecular complexity index is 1310. The molecule has 9 unspecified atom stereocenters. The highest BCUT2D eigenvalue weighted by molar-refractivity contribution is 5.74. The second-order valence-corrected chi connectivity index (χ2v) is 18.9. The zero-order valence-electron chi connectivity index (χ0n) is 35.1. The van der Waals surface area contributed by atoms with Gasteiger partial charge in [0, 0.05) is 43.7 Å². The average Bonchev–Trinajstić information content (AvgIpc) is 3.58. The molecule has 0 bridgehead atoms. The number of methoxy groups -OCH3 is 1. The van der Waals surface area contributed by atoms with E-state index in [1.54, 1.807) is 14.0 Å². The molecular formula is C43H76N4O11. The molecule has 11 N–H and O–H groups in total. The molecule has 15 heteroatoms. The van der Waals surface area contributed by atoms with E-state index in [9.17, 15) is 35.4 Å². The molecule has 0 radical (unpaired) electrons. The molecule has 3 aliphatic heterocycles. The van der Waals surface area contributed by atoms with Crippen LogP contribution >= 0.6 is 0 Å². The van der Waals surface area contributed by atoms with E-state index in [-0.39, 0.29) is 80.2 Å². The van der Waals surface area contributed by atoms with Crippen molar-refractivity contribution < 1.29 is 54.4 Å². The lowest BCUT2D eigenvalue weighted by Crippen LogP contribution is -2.63. The van der Waals surface area contributed by atoms with Gasteiger partial charge in [0.2, 0.25) is 0 Å². The first kappa shape index (κ1) is 46.2. The van der Waals surface area contributed by atoms with Gasteiger partial charge in [-0.1, -0.05) is 12.2 Å². The van der Waals surface area contributed by atoms with E-state index in [4.69, 9.17) is 24.7 Å². The number of ether oxygens (including phenoxy) is 4. The Morgan fingerprint density at radius 2 is 1.76 bits per heavy atom. The van der Waals surface area contributed by atoms with Crippen molar-refractivity contribution in [3.63, 3.8) is 0 Å². The van der Waals surface area contributed by atoms with E-state index in [2.05, 4.69) is 29.0 Å². The summed E-state index contributed by atoms with van der Waals surface area (Å²) in [4.78, 5) is 12.9. The number of aliphatic carboxylic acids is 1. The van der Waals surface area contributed by atoms with Crippen LogP contribution in [-0.2, 0) is 23.7 Å². The van der Waals surface area contributed by atoms with Crippen molar-refractivity contribution in [1.82, 2.24) is 16.0 Å². The monoisotopic (exact) mass is 825 g/mol. The molecule has 3 heterocycles. The fourth-order valence-electron chi connectivity index (χ4n) is 12.0. The number of nitrogens with one attached hydrogen (secondary N) is 3. The number of aliphatic hydroxyl groups is 5. The molecule has 334 valence electrons. The van der Waals surface area contributed by atoms with Crippen LogP contribution in [0.3, 0.4) is 0 Å². The molecule has 2 saturated carbocycles. The van der Waals surface area contributed by atoms with E-state index < -0.39 is 53.9 Å². The Morgan fingerprint density at radius 1 is 0.966 bits per heavy atom. The first-order valence-electron chi connectivity index (χ1n) is 22.5. The Balaban J connectivity index is 1.13. The zero-order valence-corrected chi connectivity index (χ0v) is 35.1. The number of carboxylic acids is 1. The van der Waals surface area contributed by atoms with Crippen molar-refractivity contribution in [2.24, 2.45) is 46.7 Å². The molecule has 6 rings (SSSR count). The molecule has 0 aromatic heterocycles. The average molecular weight is 825 g/mol.